The summed E-state index contributed by atoms with van der Waals surface area (Å²) in [5, 5.41) is 10.8. The second-order valence-electron chi connectivity index (χ2n) is 9.70. The number of hydrogen-bond acceptors (Lipinski definition) is 4. The first kappa shape index (κ1) is 25.0. The van der Waals surface area contributed by atoms with Crippen LogP contribution in [0.15, 0.2) is 42.6 Å². The van der Waals surface area contributed by atoms with Gasteiger partial charge in [-0.05, 0) is 68.5 Å². The third-order valence-electron chi connectivity index (χ3n) is 7.02. The van der Waals surface area contributed by atoms with Crippen LogP contribution in [0.4, 0.5) is 8.78 Å². The highest BCUT2D eigenvalue weighted by Crippen LogP contribution is 2.23. The van der Waals surface area contributed by atoms with Gasteiger partial charge in [0.05, 0.1) is 18.3 Å². The predicted molar refractivity (Wildman–Crippen MR) is 131 cm³/mol. The second kappa shape index (κ2) is 11.1. The summed E-state index contributed by atoms with van der Waals surface area (Å²) in [6, 6.07) is 9.99. The molecule has 0 bridgehead atoms. The molecule has 2 aromatic carbocycles. The summed E-state index contributed by atoms with van der Waals surface area (Å²) in [4.78, 5) is 28.4. The number of amides is 1. The Kier molecular flexibility index (Phi) is 7.90. The average Bonchev–Trinajstić information content (AvgIpc) is 3.30. The van der Waals surface area contributed by atoms with E-state index in [9.17, 15) is 18.4 Å². The van der Waals surface area contributed by atoms with Crippen molar-refractivity contribution in [1.29, 1.82) is 0 Å². The van der Waals surface area contributed by atoms with Crippen molar-refractivity contribution in [3.63, 3.8) is 0 Å². The lowest BCUT2D eigenvalue weighted by Gasteiger charge is -2.38. The highest BCUT2D eigenvalue weighted by molar-refractivity contribution is 5.88. The Bertz CT molecular complexity index is 1180. The minimum atomic E-state index is -0.961. The standard InChI is InChI=1S/C27H32F2N4O2/c1-17-4-3-5-18(2)33(17)16-23(34)13-21(10-19-6-8-24(28)25(29)12-19)27(35)30-14-20-7-9-26-22(11-20)15-31-32-26/h6-9,11-12,15,17-18,21H,3-5,10,13-14,16H2,1-2H3,(H,30,35)(H,31,32)/t17-,18+,21-/m1/s1. The van der Waals surface area contributed by atoms with Gasteiger partial charge in [0.15, 0.2) is 11.6 Å². The molecule has 0 spiro atoms. The number of fused-ring (bicyclic) bond motifs is 1. The first-order valence-electron chi connectivity index (χ1n) is 12.2. The summed E-state index contributed by atoms with van der Waals surface area (Å²) in [6.45, 7) is 4.85. The van der Waals surface area contributed by atoms with Crippen LogP contribution in [0.1, 0.15) is 50.7 Å². The Morgan fingerprint density at radius 2 is 1.83 bits per heavy atom. The van der Waals surface area contributed by atoms with E-state index in [4.69, 9.17) is 0 Å². The summed E-state index contributed by atoms with van der Waals surface area (Å²) in [6.07, 6.45) is 5.17. The number of rotatable bonds is 9. The van der Waals surface area contributed by atoms with E-state index in [1.165, 1.54) is 6.07 Å². The number of hydrogen-bond donors (Lipinski definition) is 2. The Labute approximate surface area is 204 Å². The molecule has 6 nitrogen and oxygen atoms in total. The van der Waals surface area contributed by atoms with Gasteiger partial charge in [0.1, 0.15) is 5.78 Å². The van der Waals surface area contributed by atoms with Gasteiger partial charge in [0.25, 0.3) is 0 Å². The monoisotopic (exact) mass is 482 g/mol. The zero-order chi connectivity index (χ0) is 24.9. The maximum absolute atomic E-state index is 13.8. The quantitative estimate of drug-likeness (QED) is 0.470. The van der Waals surface area contributed by atoms with Gasteiger partial charge in [-0.25, -0.2) is 8.78 Å². The van der Waals surface area contributed by atoms with Gasteiger partial charge < -0.3 is 5.32 Å². The Morgan fingerprint density at radius 3 is 2.57 bits per heavy atom. The Morgan fingerprint density at radius 1 is 1.09 bits per heavy atom. The van der Waals surface area contributed by atoms with E-state index in [-0.39, 0.29) is 24.5 Å². The first-order chi connectivity index (χ1) is 16.8. The number of piperidine rings is 1. The lowest BCUT2D eigenvalue weighted by Crippen LogP contribution is -2.46. The minimum absolute atomic E-state index is 0.0202. The van der Waals surface area contributed by atoms with E-state index in [1.54, 1.807) is 6.20 Å². The second-order valence-corrected chi connectivity index (χ2v) is 9.70. The van der Waals surface area contributed by atoms with Crippen molar-refractivity contribution in [2.45, 2.75) is 64.6 Å². The molecule has 8 heteroatoms. The third-order valence-corrected chi connectivity index (χ3v) is 7.02. The summed E-state index contributed by atoms with van der Waals surface area (Å²) >= 11 is 0. The van der Waals surface area contributed by atoms with Crippen LogP contribution in [-0.2, 0) is 22.6 Å². The molecule has 3 aromatic rings. The van der Waals surface area contributed by atoms with E-state index in [0.717, 1.165) is 47.9 Å². The number of benzene rings is 2. The maximum atomic E-state index is 13.8. The van der Waals surface area contributed by atoms with Gasteiger partial charge in [-0.2, -0.15) is 5.10 Å². The fourth-order valence-corrected chi connectivity index (χ4v) is 4.97. The largest absolute Gasteiger partial charge is 0.352 e. The highest BCUT2D eigenvalue weighted by Gasteiger charge is 2.29. The normalized spacial score (nSPS) is 19.5. The van der Waals surface area contributed by atoms with Gasteiger partial charge in [-0.3, -0.25) is 19.6 Å². The van der Waals surface area contributed by atoms with Crippen molar-refractivity contribution in [3.8, 4) is 0 Å². The molecule has 0 radical (unpaired) electrons. The molecule has 4 rings (SSSR count). The van der Waals surface area contributed by atoms with Crippen molar-refractivity contribution < 1.29 is 18.4 Å². The average molecular weight is 483 g/mol. The van der Waals surface area contributed by atoms with Crippen LogP contribution in [0.2, 0.25) is 0 Å². The van der Waals surface area contributed by atoms with Gasteiger partial charge in [-0.15, -0.1) is 0 Å². The molecular weight excluding hydrogens is 450 g/mol. The fourth-order valence-electron chi connectivity index (χ4n) is 4.97. The fraction of sp³-hybridized carbons (Fsp3) is 0.444. The summed E-state index contributed by atoms with van der Waals surface area (Å²) < 4.78 is 27.2. The van der Waals surface area contributed by atoms with Crippen LogP contribution in [0.5, 0.6) is 0 Å². The number of nitrogens with zero attached hydrogens (tertiary/aromatic N) is 2. The topological polar surface area (TPSA) is 78.1 Å². The lowest BCUT2D eigenvalue weighted by atomic mass is 9.91. The lowest BCUT2D eigenvalue weighted by molar-refractivity contribution is -0.130. The molecule has 0 saturated carbocycles. The third kappa shape index (κ3) is 6.31. The Balaban J connectivity index is 1.45. The molecule has 0 unspecified atom stereocenters. The molecule has 1 saturated heterocycles. The van der Waals surface area contributed by atoms with Crippen LogP contribution >= 0.6 is 0 Å². The number of halogens is 2. The zero-order valence-electron chi connectivity index (χ0n) is 20.2. The molecule has 1 aromatic heterocycles. The molecular formula is C27H32F2N4O2. The van der Waals surface area contributed by atoms with Crippen LogP contribution < -0.4 is 5.32 Å². The van der Waals surface area contributed by atoms with Gasteiger partial charge in [-0.1, -0.05) is 18.6 Å². The number of likely N-dealkylation sites (tertiary alicyclic amines) is 1. The van der Waals surface area contributed by atoms with Crippen molar-refractivity contribution >= 4 is 22.6 Å². The molecule has 0 aliphatic carbocycles. The molecule has 2 N–H and O–H groups in total. The van der Waals surface area contributed by atoms with E-state index >= 15 is 0 Å². The number of aromatic amines is 1. The number of carbonyl (C=O) groups is 2. The van der Waals surface area contributed by atoms with Gasteiger partial charge >= 0.3 is 0 Å². The zero-order valence-corrected chi connectivity index (χ0v) is 20.2. The number of nitrogens with one attached hydrogen (secondary N) is 2. The Hall–Kier alpha value is -3.13. The number of H-pyrrole nitrogens is 1. The SMILES string of the molecule is C[C@@H]1CCC[C@H](C)N1CC(=O)C[C@@H](Cc1ccc(F)c(F)c1)C(=O)NCc1ccc2[nH]ncc2c1. The molecule has 1 amide bonds. The summed E-state index contributed by atoms with van der Waals surface area (Å²) in [5.41, 5.74) is 2.29. The first-order valence-corrected chi connectivity index (χ1v) is 12.2. The number of aromatic nitrogens is 2. The van der Waals surface area contributed by atoms with E-state index in [2.05, 4.69) is 34.3 Å². The van der Waals surface area contributed by atoms with Crippen molar-refractivity contribution in [2.24, 2.45) is 5.92 Å². The van der Waals surface area contributed by atoms with Crippen molar-refractivity contribution in [2.75, 3.05) is 6.54 Å². The molecule has 3 atom stereocenters. The minimum Gasteiger partial charge on any atom is -0.352 e. The molecule has 35 heavy (non-hydrogen) atoms. The van der Waals surface area contributed by atoms with E-state index < -0.39 is 17.6 Å². The van der Waals surface area contributed by atoms with Crippen LogP contribution in [0.3, 0.4) is 0 Å². The number of ketones is 1. The van der Waals surface area contributed by atoms with E-state index in [1.807, 2.05) is 18.2 Å². The van der Waals surface area contributed by atoms with Crippen molar-refractivity contribution in [1.82, 2.24) is 20.4 Å². The smallest absolute Gasteiger partial charge is 0.224 e. The summed E-state index contributed by atoms with van der Waals surface area (Å²) in [5.74, 6) is -2.88. The number of Topliss-reactive ketones (excluding diaryl/α,β-unsaturated/α-hetero) is 1. The predicted octanol–water partition coefficient (Wildman–Crippen LogP) is 4.54. The molecule has 1 aliphatic heterocycles. The molecule has 1 fully saturated rings. The summed E-state index contributed by atoms with van der Waals surface area (Å²) in [7, 11) is 0. The molecule has 1 aliphatic rings. The van der Waals surface area contributed by atoms with Gasteiger partial charge in [0, 0.05) is 36.4 Å². The molecule has 186 valence electrons. The van der Waals surface area contributed by atoms with Crippen LogP contribution in [0.25, 0.3) is 10.9 Å². The van der Waals surface area contributed by atoms with Crippen LogP contribution in [0, 0.1) is 17.6 Å². The highest BCUT2D eigenvalue weighted by atomic mass is 19.2. The van der Waals surface area contributed by atoms with Crippen LogP contribution in [-0.4, -0.2) is 45.4 Å². The van der Waals surface area contributed by atoms with Crippen molar-refractivity contribution in [3.05, 3.63) is 65.4 Å². The number of carbonyl (C=O) groups excluding carboxylic acids is 2. The van der Waals surface area contributed by atoms with E-state index in [0.29, 0.717) is 30.7 Å². The van der Waals surface area contributed by atoms with Gasteiger partial charge in [0.2, 0.25) is 5.91 Å². The maximum Gasteiger partial charge on any atom is 0.224 e. The molecule has 2 heterocycles.